The Bertz CT molecular complexity index is 712. The molecular formula is C19H20N2O3. The number of hydrogen-bond acceptors (Lipinski definition) is 3. The van der Waals surface area contributed by atoms with Crippen LogP contribution < -0.4 is 10.1 Å². The second-order valence-corrected chi connectivity index (χ2v) is 5.37. The molecule has 0 saturated heterocycles. The summed E-state index contributed by atoms with van der Waals surface area (Å²) >= 11 is 0. The SMILES string of the molecule is CCOc1ccc(NC(=O)C[C@@H](c2ccco2)n2cccc2)cc1. The summed E-state index contributed by atoms with van der Waals surface area (Å²) < 4.78 is 12.9. The molecule has 24 heavy (non-hydrogen) atoms. The zero-order valence-corrected chi connectivity index (χ0v) is 13.5. The van der Waals surface area contributed by atoms with Gasteiger partial charge < -0.3 is 19.0 Å². The first kappa shape index (κ1) is 15.9. The number of aromatic nitrogens is 1. The number of nitrogens with zero attached hydrogens (tertiary/aromatic N) is 1. The molecule has 0 unspecified atom stereocenters. The quantitative estimate of drug-likeness (QED) is 0.712. The Balaban J connectivity index is 1.67. The van der Waals surface area contributed by atoms with Gasteiger partial charge in [-0.05, 0) is 55.5 Å². The van der Waals surface area contributed by atoms with Crippen LogP contribution in [0.3, 0.4) is 0 Å². The summed E-state index contributed by atoms with van der Waals surface area (Å²) in [7, 11) is 0. The van der Waals surface area contributed by atoms with Crippen LogP contribution in [-0.4, -0.2) is 17.1 Å². The van der Waals surface area contributed by atoms with Gasteiger partial charge in [0.2, 0.25) is 5.91 Å². The van der Waals surface area contributed by atoms with E-state index in [9.17, 15) is 4.79 Å². The molecule has 1 amide bonds. The van der Waals surface area contributed by atoms with Crippen LogP contribution in [0.4, 0.5) is 5.69 Å². The van der Waals surface area contributed by atoms with E-state index in [-0.39, 0.29) is 18.4 Å². The first-order valence-corrected chi connectivity index (χ1v) is 7.95. The van der Waals surface area contributed by atoms with E-state index in [0.717, 1.165) is 17.2 Å². The summed E-state index contributed by atoms with van der Waals surface area (Å²) in [5.74, 6) is 1.47. The van der Waals surface area contributed by atoms with Crippen LogP contribution in [0.5, 0.6) is 5.75 Å². The summed E-state index contributed by atoms with van der Waals surface area (Å²) in [6, 6.07) is 14.8. The number of amides is 1. The van der Waals surface area contributed by atoms with Crippen LogP contribution in [0.15, 0.2) is 71.6 Å². The third-order valence-corrected chi connectivity index (χ3v) is 3.69. The molecule has 0 bridgehead atoms. The Hall–Kier alpha value is -2.95. The van der Waals surface area contributed by atoms with Crippen molar-refractivity contribution < 1.29 is 13.9 Å². The average Bonchev–Trinajstić information content (AvgIpc) is 3.29. The molecule has 124 valence electrons. The van der Waals surface area contributed by atoms with Crippen molar-refractivity contribution in [3.8, 4) is 5.75 Å². The molecule has 0 spiro atoms. The first-order valence-electron chi connectivity index (χ1n) is 7.95. The summed E-state index contributed by atoms with van der Waals surface area (Å²) in [6.45, 7) is 2.55. The molecule has 3 rings (SSSR count). The standard InChI is InChI=1S/C19H20N2O3/c1-2-23-16-9-7-15(8-10-16)20-19(22)14-17(18-6-5-13-24-18)21-11-3-4-12-21/h3-13,17H,2,14H2,1H3,(H,20,22)/t17-/m0/s1. The predicted molar refractivity (Wildman–Crippen MR) is 92.1 cm³/mol. The largest absolute Gasteiger partial charge is 0.494 e. The summed E-state index contributed by atoms with van der Waals surface area (Å²) in [5.41, 5.74) is 0.745. The third kappa shape index (κ3) is 3.87. The van der Waals surface area contributed by atoms with E-state index in [1.165, 1.54) is 0 Å². The molecule has 2 heterocycles. The van der Waals surface area contributed by atoms with Gasteiger partial charge in [0.05, 0.1) is 25.3 Å². The minimum Gasteiger partial charge on any atom is -0.494 e. The minimum absolute atomic E-state index is 0.0748. The van der Waals surface area contributed by atoms with Crippen molar-refractivity contribution in [2.24, 2.45) is 0 Å². The van der Waals surface area contributed by atoms with E-state index >= 15 is 0 Å². The Labute approximate surface area is 140 Å². The molecule has 5 nitrogen and oxygen atoms in total. The van der Waals surface area contributed by atoms with E-state index in [1.54, 1.807) is 6.26 Å². The second kappa shape index (κ2) is 7.55. The highest BCUT2D eigenvalue weighted by Crippen LogP contribution is 2.24. The van der Waals surface area contributed by atoms with Crippen LogP contribution in [0, 0.1) is 0 Å². The van der Waals surface area contributed by atoms with Crippen molar-refractivity contribution >= 4 is 11.6 Å². The molecule has 5 heteroatoms. The van der Waals surface area contributed by atoms with Crippen molar-refractivity contribution in [1.29, 1.82) is 0 Å². The lowest BCUT2D eigenvalue weighted by atomic mass is 10.1. The highest BCUT2D eigenvalue weighted by molar-refractivity contribution is 5.91. The second-order valence-electron chi connectivity index (χ2n) is 5.37. The zero-order chi connectivity index (χ0) is 16.8. The zero-order valence-electron chi connectivity index (χ0n) is 13.5. The Morgan fingerprint density at radius 3 is 2.54 bits per heavy atom. The number of furan rings is 1. The monoisotopic (exact) mass is 324 g/mol. The van der Waals surface area contributed by atoms with Crippen LogP contribution >= 0.6 is 0 Å². The minimum atomic E-state index is -0.169. The molecule has 0 radical (unpaired) electrons. The fourth-order valence-electron chi connectivity index (χ4n) is 2.58. The fraction of sp³-hybridized carbons (Fsp3) is 0.211. The summed E-state index contributed by atoms with van der Waals surface area (Å²) in [6.07, 6.45) is 5.76. The van der Waals surface area contributed by atoms with Gasteiger partial charge in [0.1, 0.15) is 11.5 Å². The Kier molecular flexibility index (Phi) is 5.01. The molecule has 1 N–H and O–H groups in total. The summed E-state index contributed by atoms with van der Waals surface area (Å²) in [5, 5.41) is 2.92. The van der Waals surface area contributed by atoms with E-state index in [4.69, 9.17) is 9.15 Å². The van der Waals surface area contributed by atoms with Crippen molar-refractivity contribution in [3.63, 3.8) is 0 Å². The molecule has 0 aliphatic heterocycles. The van der Waals surface area contributed by atoms with Gasteiger partial charge in [-0.2, -0.15) is 0 Å². The van der Waals surface area contributed by atoms with Crippen LogP contribution in [-0.2, 0) is 4.79 Å². The normalized spacial score (nSPS) is 11.9. The van der Waals surface area contributed by atoms with Gasteiger partial charge in [-0.15, -0.1) is 0 Å². The third-order valence-electron chi connectivity index (χ3n) is 3.69. The highest BCUT2D eigenvalue weighted by atomic mass is 16.5. The van der Waals surface area contributed by atoms with Gasteiger partial charge in [-0.1, -0.05) is 0 Å². The number of benzene rings is 1. The number of carbonyl (C=O) groups excluding carboxylic acids is 1. The Morgan fingerprint density at radius 1 is 1.17 bits per heavy atom. The van der Waals surface area contributed by atoms with Crippen LogP contribution in [0.2, 0.25) is 0 Å². The Morgan fingerprint density at radius 2 is 1.92 bits per heavy atom. The van der Waals surface area contributed by atoms with E-state index in [1.807, 2.05) is 72.4 Å². The van der Waals surface area contributed by atoms with Gasteiger partial charge in [0, 0.05) is 18.1 Å². The molecule has 2 aromatic heterocycles. The molecule has 0 fully saturated rings. The number of ether oxygens (including phenoxy) is 1. The van der Waals surface area contributed by atoms with Crippen molar-refractivity contribution in [1.82, 2.24) is 4.57 Å². The molecular weight excluding hydrogens is 304 g/mol. The topological polar surface area (TPSA) is 56.4 Å². The van der Waals surface area contributed by atoms with Crippen LogP contribution in [0.25, 0.3) is 0 Å². The molecule has 0 aliphatic rings. The maximum absolute atomic E-state index is 12.4. The van der Waals surface area contributed by atoms with Gasteiger partial charge in [-0.3, -0.25) is 4.79 Å². The number of nitrogens with one attached hydrogen (secondary N) is 1. The molecule has 1 aromatic carbocycles. The first-order chi connectivity index (χ1) is 11.8. The number of carbonyl (C=O) groups is 1. The molecule has 3 aromatic rings. The number of hydrogen-bond donors (Lipinski definition) is 1. The molecule has 1 atom stereocenters. The van der Waals surface area contributed by atoms with Crippen molar-refractivity contribution in [2.75, 3.05) is 11.9 Å². The maximum Gasteiger partial charge on any atom is 0.226 e. The fourth-order valence-corrected chi connectivity index (χ4v) is 2.58. The predicted octanol–water partition coefficient (Wildman–Crippen LogP) is 4.10. The lowest BCUT2D eigenvalue weighted by Crippen LogP contribution is -2.19. The smallest absolute Gasteiger partial charge is 0.226 e. The lowest BCUT2D eigenvalue weighted by Gasteiger charge is -2.16. The van der Waals surface area contributed by atoms with Gasteiger partial charge in [0.15, 0.2) is 0 Å². The van der Waals surface area contributed by atoms with E-state index in [2.05, 4.69) is 5.32 Å². The van der Waals surface area contributed by atoms with Crippen molar-refractivity contribution in [3.05, 3.63) is 72.9 Å². The molecule has 0 aliphatic carbocycles. The van der Waals surface area contributed by atoms with Gasteiger partial charge in [0.25, 0.3) is 0 Å². The van der Waals surface area contributed by atoms with Crippen molar-refractivity contribution in [2.45, 2.75) is 19.4 Å². The van der Waals surface area contributed by atoms with Crippen LogP contribution in [0.1, 0.15) is 25.1 Å². The van der Waals surface area contributed by atoms with E-state index in [0.29, 0.717) is 6.61 Å². The average molecular weight is 324 g/mol. The van der Waals surface area contributed by atoms with E-state index < -0.39 is 0 Å². The number of rotatable bonds is 7. The maximum atomic E-state index is 12.4. The lowest BCUT2D eigenvalue weighted by molar-refractivity contribution is -0.116. The van der Waals surface area contributed by atoms with Gasteiger partial charge in [-0.25, -0.2) is 0 Å². The molecule has 0 saturated carbocycles. The summed E-state index contributed by atoms with van der Waals surface area (Å²) in [4.78, 5) is 12.4. The highest BCUT2D eigenvalue weighted by Gasteiger charge is 2.19. The van der Waals surface area contributed by atoms with Gasteiger partial charge >= 0.3 is 0 Å². The number of anilines is 1.